The van der Waals surface area contributed by atoms with Crippen LogP contribution in [0.3, 0.4) is 0 Å². The molecule has 0 atom stereocenters. The Bertz CT molecular complexity index is 289. The number of aromatic nitrogens is 2. The van der Waals surface area contributed by atoms with Gasteiger partial charge >= 0.3 is 85.8 Å². The van der Waals surface area contributed by atoms with Gasteiger partial charge in [0.2, 0.25) is 0 Å². The summed E-state index contributed by atoms with van der Waals surface area (Å²) in [6.07, 6.45) is 1.67. The molecule has 4 nitrogen and oxygen atoms in total. The van der Waals surface area contributed by atoms with Gasteiger partial charge in [-0.3, -0.25) is 0 Å². The van der Waals surface area contributed by atoms with Gasteiger partial charge in [-0.1, -0.05) is 0 Å². The Morgan fingerprint density at radius 1 is 1.38 bits per heavy atom. The summed E-state index contributed by atoms with van der Waals surface area (Å²) in [6.45, 7) is 1.81. The molecule has 0 bridgehead atoms. The van der Waals surface area contributed by atoms with Crippen molar-refractivity contribution in [3.05, 3.63) is 18.0 Å². The zero-order valence-corrected chi connectivity index (χ0v) is 9.69. The van der Waals surface area contributed by atoms with Gasteiger partial charge in [0, 0.05) is 0 Å². The van der Waals surface area contributed by atoms with Crippen molar-refractivity contribution in [2.45, 2.75) is 12.7 Å². The van der Waals surface area contributed by atoms with E-state index < -0.39 is 5.79 Å². The van der Waals surface area contributed by atoms with Crippen LogP contribution in [0.4, 0.5) is 0 Å². The summed E-state index contributed by atoms with van der Waals surface area (Å²) in [4.78, 5) is 8.17. The van der Waals surface area contributed by atoms with Crippen molar-refractivity contribution >= 4 is 21.5 Å². The van der Waals surface area contributed by atoms with Gasteiger partial charge in [0.05, 0.1) is 0 Å². The molecule has 1 aromatic rings. The standard InChI is InChI=1S/C8H11AsN2O2/c1-8(12-2,13-3)6-4-5-10-7(9)11-6/h4-5H,1-3H3. The van der Waals surface area contributed by atoms with Crippen LogP contribution in [0.1, 0.15) is 12.6 Å². The van der Waals surface area contributed by atoms with E-state index in [2.05, 4.69) is 26.8 Å². The molecule has 0 amide bonds. The summed E-state index contributed by atoms with van der Waals surface area (Å²) in [5, 5.41) is 0. The minimum absolute atomic E-state index is 0.644. The Hall–Kier alpha value is -0.442. The summed E-state index contributed by atoms with van der Waals surface area (Å²) in [6, 6.07) is 1.77. The van der Waals surface area contributed by atoms with Crippen LogP contribution in [-0.4, -0.2) is 41.0 Å². The normalized spacial score (nSPS) is 11.7. The van der Waals surface area contributed by atoms with E-state index in [-0.39, 0.29) is 0 Å². The summed E-state index contributed by atoms with van der Waals surface area (Å²) in [7, 11) is 3.16. The molecule has 0 saturated carbocycles. The SMILES string of the molecule is COC(C)(OC)c1ccnc([As])n1. The Kier molecular flexibility index (Phi) is 3.42. The second-order valence-electron chi connectivity index (χ2n) is 2.60. The summed E-state index contributed by atoms with van der Waals surface area (Å²) in [5.41, 5.74) is 0.711. The molecule has 0 aliphatic heterocycles. The van der Waals surface area contributed by atoms with E-state index in [0.29, 0.717) is 10.3 Å². The molecule has 0 spiro atoms. The van der Waals surface area contributed by atoms with Crippen LogP contribution in [0, 0.1) is 0 Å². The van der Waals surface area contributed by atoms with Crippen LogP contribution < -0.4 is 4.61 Å². The summed E-state index contributed by atoms with van der Waals surface area (Å²) < 4.78 is 11.1. The van der Waals surface area contributed by atoms with Crippen LogP contribution >= 0.6 is 0 Å². The second kappa shape index (κ2) is 4.18. The van der Waals surface area contributed by atoms with Crippen LogP contribution in [0.25, 0.3) is 0 Å². The van der Waals surface area contributed by atoms with Crippen molar-refractivity contribution in [1.82, 2.24) is 9.97 Å². The number of rotatable bonds is 3. The van der Waals surface area contributed by atoms with Crippen molar-refractivity contribution in [2.75, 3.05) is 14.2 Å². The van der Waals surface area contributed by atoms with Gasteiger partial charge in [0.15, 0.2) is 0 Å². The number of methoxy groups -OCH3 is 2. The van der Waals surface area contributed by atoms with Gasteiger partial charge in [-0.05, 0) is 0 Å². The molecular weight excluding hydrogens is 231 g/mol. The second-order valence-corrected chi connectivity index (χ2v) is 3.44. The molecule has 1 rings (SSSR count). The van der Waals surface area contributed by atoms with E-state index >= 15 is 0 Å². The predicted octanol–water partition coefficient (Wildman–Crippen LogP) is -0.264. The molecule has 0 saturated heterocycles. The zero-order chi connectivity index (χ0) is 9.90. The van der Waals surface area contributed by atoms with E-state index in [4.69, 9.17) is 9.47 Å². The van der Waals surface area contributed by atoms with Gasteiger partial charge in [0.1, 0.15) is 0 Å². The molecule has 0 aromatic carbocycles. The molecule has 1 heterocycles. The molecule has 13 heavy (non-hydrogen) atoms. The molecule has 1 aromatic heterocycles. The van der Waals surface area contributed by atoms with E-state index in [1.807, 2.05) is 6.92 Å². The zero-order valence-electron chi connectivity index (χ0n) is 7.81. The molecule has 0 aliphatic rings. The maximum absolute atomic E-state index is 5.21. The molecule has 0 N–H and O–H groups in total. The van der Waals surface area contributed by atoms with E-state index in [0.717, 1.165) is 0 Å². The molecular formula is C8H11AsN2O2. The van der Waals surface area contributed by atoms with Crippen molar-refractivity contribution in [1.29, 1.82) is 0 Å². The fourth-order valence-electron chi connectivity index (χ4n) is 0.894. The Morgan fingerprint density at radius 2 is 2.00 bits per heavy atom. The van der Waals surface area contributed by atoms with Crippen molar-refractivity contribution in [2.24, 2.45) is 0 Å². The number of nitrogens with zero attached hydrogens (tertiary/aromatic N) is 2. The molecule has 2 radical (unpaired) electrons. The third-order valence-corrected chi connectivity index (χ3v) is 2.34. The van der Waals surface area contributed by atoms with Crippen LogP contribution in [0.15, 0.2) is 12.3 Å². The first-order valence-corrected chi connectivity index (χ1v) is 4.69. The molecule has 70 valence electrons. The third-order valence-electron chi connectivity index (χ3n) is 1.89. The minimum atomic E-state index is -0.794. The van der Waals surface area contributed by atoms with Crippen LogP contribution in [-0.2, 0) is 15.3 Å². The van der Waals surface area contributed by atoms with Gasteiger partial charge in [-0.15, -0.1) is 0 Å². The van der Waals surface area contributed by atoms with Gasteiger partial charge in [-0.2, -0.15) is 0 Å². The van der Waals surface area contributed by atoms with E-state index in [9.17, 15) is 0 Å². The quantitative estimate of drug-likeness (QED) is 0.541. The Labute approximate surface area is 86.2 Å². The first-order valence-electron chi connectivity index (χ1n) is 3.75. The van der Waals surface area contributed by atoms with E-state index in [1.54, 1.807) is 26.5 Å². The average Bonchev–Trinajstić information content (AvgIpc) is 2.17. The number of hydrogen-bond donors (Lipinski definition) is 0. The van der Waals surface area contributed by atoms with Crippen molar-refractivity contribution in [3.63, 3.8) is 0 Å². The van der Waals surface area contributed by atoms with Crippen molar-refractivity contribution in [3.8, 4) is 0 Å². The van der Waals surface area contributed by atoms with Crippen molar-refractivity contribution < 1.29 is 9.47 Å². The van der Waals surface area contributed by atoms with Crippen LogP contribution in [0.5, 0.6) is 0 Å². The third kappa shape index (κ3) is 2.27. The first-order chi connectivity index (χ1) is 6.12. The predicted molar refractivity (Wildman–Crippen MR) is 48.8 cm³/mol. The first kappa shape index (κ1) is 10.6. The van der Waals surface area contributed by atoms with Gasteiger partial charge in [-0.25, -0.2) is 0 Å². The summed E-state index contributed by atoms with van der Waals surface area (Å²) in [5.74, 6) is -0.794. The Balaban J connectivity index is 3.05. The number of hydrogen-bond acceptors (Lipinski definition) is 4. The fourth-order valence-corrected chi connectivity index (χ4v) is 1.26. The van der Waals surface area contributed by atoms with Gasteiger partial charge < -0.3 is 0 Å². The molecule has 0 fully saturated rings. The number of ether oxygens (including phenoxy) is 2. The maximum atomic E-state index is 5.21. The molecule has 0 unspecified atom stereocenters. The summed E-state index contributed by atoms with van der Waals surface area (Å²) >= 11 is 2.28. The molecule has 0 aliphatic carbocycles. The fraction of sp³-hybridized carbons (Fsp3) is 0.500. The van der Waals surface area contributed by atoms with Crippen LogP contribution in [0.2, 0.25) is 0 Å². The monoisotopic (exact) mass is 242 g/mol. The van der Waals surface area contributed by atoms with Gasteiger partial charge in [0.25, 0.3) is 0 Å². The topological polar surface area (TPSA) is 44.2 Å². The Morgan fingerprint density at radius 3 is 2.46 bits per heavy atom. The van der Waals surface area contributed by atoms with E-state index in [1.165, 1.54) is 0 Å². The molecule has 5 heteroatoms. The average molecular weight is 242 g/mol.